The summed E-state index contributed by atoms with van der Waals surface area (Å²) in [7, 11) is 0. The molecule has 5 nitrogen and oxygen atoms in total. The minimum absolute atomic E-state index is 0. The Hall–Kier alpha value is 0. The van der Waals surface area contributed by atoms with Crippen molar-refractivity contribution in [3.63, 3.8) is 0 Å². The van der Waals surface area contributed by atoms with Crippen LogP contribution in [0.5, 0.6) is 0 Å². The Balaban J connectivity index is 0. The van der Waals surface area contributed by atoms with Gasteiger partial charge in [0.1, 0.15) is 0 Å². The molecule has 0 radical (unpaired) electrons. The molecular formula is C5H12N3NaO2. The first-order valence-electron chi connectivity index (χ1n) is 3.20. The van der Waals surface area contributed by atoms with Gasteiger partial charge < -0.3 is 10.4 Å². The monoisotopic (exact) mass is 169 g/mol. The molecule has 0 aliphatic carbocycles. The van der Waals surface area contributed by atoms with E-state index in [2.05, 4.69) is 5.28 Å². The molecule has 0 aliphatic rings. The normalized spacial score (nSPS) is 11.1. The van der Waals surface area contributed by atoms with Gasteiger partial charge in [0.2, 0.25) is 0 Å². The summed E-state index contributed by atoms with van der Waals surface area (Å²) in [4.78, 5) is 0.0741. The molecule has 0 fully saturated rings. The molecule has 0 aromatic heterocycles. The van der Waals surface area contributed by atoms with E-state index in [9.17, 15) is 10.4 Å². The van der Waals surface area contributed by atoms with Gasteiger partial charge in [-0.2, -0.15) is 0 Å². The Morgan fingerprint density at radius 3 is 2.09 bits per heavy atom. The molecule has 0 saturated heterocycles. The molecule has 0 N–H and O–H groups in total. The topological polar surface area (TPSA) is 64.7 Å². The molecule has 0 heterocycles. The predicted molar refractivity (Wildman–Crippen MR) is 36.9 cm³/mol. The van der Waals surface area contributed by atoms with Crippen LogP contribution in [-0.2, 0) is 0 Å². The smallest absolute Gasteiger partial charge is 0.737 e. The van der Waals surface area contributed by atoms with Crippen molar-refractivity contribution in [2.24, 2.45) is 5.28 Å². The van der Waals surface area contributed by atoms with Gasteiger partial charge in [-0.05, 0) is 26.0 Å². The van der Waals surface area contributed by atoms with Crippen LogP contribution in [0.25, 0.3) is 0 Å². The van der Waals surface area contributed by atoms with Crippen molar-refractivity contribution in [1.82, 2.24) is 5.01 Å². The van der Waals surface area contributed by atoms with Gasteiger partial charge in [-0.3, -0.25) is 0 Å². The maximum Gasteiger partial charge on any atom is 1.00 e. The van der Waals surface area contributed by atoms with Crippen LogP contribution in [0.1, 0.15) is 20.8 Å². The fourth-order valence-corrected chi connectivity index (χ4v) is 0.731. The number of hydrogen-bond acceptors (Lipinski definition) is 3. The summed E-state index contributed by atoms with van der Waals surface area (Å²) in [6.45, 7) is 5.92. The van der Waals surface area contributed by atoms with Crippen molar-refractivity contribution in [3.8, 4) is 0 Å². The van der Waals surface area contributed by atoms with Gasteiger partial charge >= 0.3 is 29.6 Å². The molecule has 0 spiro atoms. The summed E-state index contributed by atoms with van der Waals surface area (Å²) in [6.07, 6.45) is 0. The Labute approximate surface area is 88.5 Å². The number of hydrogen-bond donors (Lipinski definition) is 0. The number of hydrazine groups is 1. The van der Waals surface area contributed by atoms with E-state index < -0.39 is 0 Å². The van der Waals surface area contributed by atoms with Crippen LogP contribution in [-0.4, -0.2) is 22.6 Å². The quantitative estimate of drug-likeness (QED) is 0.214. The Kier molecular flexibility index (Phi) is 8.26. The molecule has 0 unspecified atom stereocenters. The van der Waals surface area contributed by atoms with Crippen LogP contribution in [0.4, 0.5) is 0 Å². The van der Waals surface area contributed by atoms with E-state index in [4.69, 9.17) is 0 Å². The molecule has 0 atom stereocenters. The largest absolute Gasteiger partial charge is 1.00 e. The van der Waals surface area contributed by atoms with E-state index in [0.29, 0.717) is 6.54 Å². The summed E-state index contributed by atoms with van der Waals surface area (Å²) < 4.78 is 0. The van der Waals surface area contributed by atoms with E-state index in [0.717, 1.165) is 0 Å². The van der Waals surface area contributed by atoms with Gasteiger partial charge in [0.25, 0.3) is 0 Å². The summed E-state index contributed by atoms with van der Waals surface area (Å²) in [5, 5.41) is 23.8. The fraction of sp³-hybridized carbons (Fsp3) is 1.00. The van der Waals surface area contributed by atoms with Gasteiger partial charge in [0, 0.05) is 4.97 Å². The van der Waals surface area contributed by atoms with Gasteiger partial charge in [0.05, 0.1) is 12.6 Å². The molecular weight excluding hydrogens is 157 g/mol. The first-order valence-corrected chi connectivity index (χ1v) is 3.20. The van der Waals surface area contributed by atoms with Crippen molar-refractivity contribution in [2.75, 3.05) is 6.54 Å². The van der Waals surface area contributed by atoms with Crippen LogP contribution in [0.2, 0.25) is 0 Å². The Bertz CT molecular complexity index is 129. The molecule has 0 saturated carbocycles. The molecule has 0 aliphatic heterocycles. The van der Waals surface area contributed by atoms with Gasteiger partial charge in [-0.25, -0.2) is 0 Å². The molecule has 0 aromatic rings. The zero-order valence-electron chi connectivity index (χ0n) is 7.44. The van der Waals surface area contributed by atoms with Gasteiger partial charge in [-0.15, -0.1) is 5.01 Å². The third-order valence-electron chi connectivity index (χ3n) is 1.21. The van der Waals surface area contributed by atoms with Crippen LogP contribution in [0.15, 0.2) is 5.28 Å². The minimum atomic E-state index is 0. The van der Waals surface area contributed by atoms with Gasteiger partial charge in [-0.1, -0.05) is 0 Å². The van der Waals surface area contributed by atoms with Crippen molar-refractivity contribution in [1.29, 1.82) is 0 Å². The Morgan fingerprint density at radius 2 is 2.00 bits per heavy atom. The minimum Gasteiger partial charge on any atom is -0.737 e. The molecule has 60 valence electrons. The summed E-state index contributed by atoms with van der Waals surface area (Å²) in [6, 6.07) is 0.0141. The molecule has 6 heteroatoms. The summed E-state index contributed by atoms with van der Waals surface area (Å²) >= 11 is 0. The standard InChI is InChI=1S/C5H13N3O2.Na/c1-4-7(5(2)3)8(10)6-9;/h5,9H,4H2,1-3H3;/q;+1/p-1/b8-6-;. The second-order valence-corrected chi connectivity index (χ2v) is 2.18. The van der Waals surface area contributed by atoms with E-state index in [1.165, 1.54) is 5.01 Å². The van der Waals surface area contributed by atoms with Crippen LogP contribution >= 0.6 is 0 Å². The van der Waals surface area contributed by atoms with Crippen molar-refractivity contribution >= 4 is 0 Å². The van der Waals surface area contributed by atoms with Crippen molar-refractivity contribution in [2.45, 2.75) is 26.8 Å². The van der Waals surface area contributed by atoms with Gasteiger partial charge in [0.15, 0.2) is 0 Å². The first-order chi connectivity index (χ1) is 4.63. The molecule has 0 aromatic carbocycles. The maximum absolute atomic E-state index is 10.5. The zero-order valence-corrected chi connectivity index (χ0v) is 9.44. The Morgan fingerprint density at radius 1 is 1.55 bits per heavy atom. The maximum atomic E-state index is 10.5. The summed E-state index contributed by atoms with van der Waals surface area (Å²) in [5.74, 6) is 0. The molecule has 0 bridgehead atoms. The van der Waals surface area contributed by atoms with E-state index in [-0.39, 0.29) is 40.6 Å². The van der Waals surface area contributed by atoms with E-state index >= 15 is 0 Å². The summed E-state index contributed by atoms with van der Waals surface area (Å²) in [5.41, 5.74) is 0. The van der Waals surface area contributed by atoms with E-state index in [1.54, 1.807) is 6.92 Å². The average Bonchev–Trinajstić information content (AvgIpc) is 1.88. The van der Waals surface area contributed by atoms with Crippen LogP contribution < -0.4 is 29.6 Å². The van der Waals surface area contributed by atoms with Crippen LogP contribution in [0.3, 0.4) is 0 Å². The zero-order chi connectivity index (χ0) is 8.15. The fourth-order valence-electron chi connectivity index (χ4n) is 0.731. The third-order valence-corrected chi connectivity index (χ3v) is 1.21. The van der Waals surface area contributed by atoms with Crippen molar-refractivity contribution in [3.05, 3.63) is 10.4 Å². The van der Waals surface area contributed by atoms with E-state index in [1.807, 2.05) is 13.8 Å². The third kappa shape index (κ3) is 4.44. The predicted octanol–water partition coefficient (Wildman–Crippen LogP) is -1.90. The average molecular weight is 169 g/mol. The molecule has 11 heavy (non-hydrogen) atoms. The SMILES string of the molecule is CCN(C(C)C)/[N+]([O-])=N/[O-].[Na+]. The second kappa shape index (κ2) is 6.69. The van der Waals surface area contributed by atoms with Crippen LogP contribution in [0, 0.1) is 10.4 Å². The van der Waals surface area contributed by atoms with Crippen molar-refractivity contribution < 1.29 is 34.5 Å². The molecule has 0 rings (SSSR count). The first kappa shape index (κ1) is 13.6. The second-order valence-electron chi connectivity index (χ2n) is 2.18. The number of nitrogens with zero attached hydrogens (tertiary/aromatic N) is 3. The molecule has 0 amide bonds. The number of rotatable bonds is 3.